The average Bonchev–Trinajstić information content (AvgIpc) is 2.87. The molecule has 2 aliphatic rings. The number of aliphatic hydroxyl groups is 1. The van der Waals surface area contributed by atoms with E-state index in [1.54, 1.807) is 0 Å². The van der Waals surface area contributed by atoms with E-state index in [1.807, 2.05) is 4.90 Å². The molecule has 0 saturated carbocycles. The van der Waals surface area contributed by atoms with Crippen LogP contribution in [0.2, 0.25) is 0 Å². The van der Waals surface area contributed by atoms with Gasteiger partial charge in [-0.25, -0.2) is 0 Å². The summed E-state index contributed by atoms with van der Waals surface area (Å²) in [7, 11) is 0. The third-order valence-electron chi connectivity index (χ3n) is 4.52. The molecule has 4 nitrogen and oxygen atoms in total. The van der Waals surface area contributed by atoms with Gasteiger partial charge in [-0.05, 0) is 38.8 Å². The molecule has 0 radical (unpaired) electrons. The number of rotatable bonds is 3. The van der Waals surface area contributed by atoms with E-state index in [4.69, 9.17) is 5.11 Å². The molecule has 4 heteroatoms. The number of amides is 1. The van der Waals surface area contributed by atoms with Gasteiger partial charge in [0, 0.05) is 25.6 Å². The van der Waals surface area contributed by atoms with E-state index in [-0.39, 0.29) is 12.0 Å². The molecule has 17 heavy (non-hydrogen) atoms. The molecule has 2 rings (SSSR count). The maximum atomic E-state index is 12.6. The second kappa shape index (κ2) is 5.36. The lowest BCUT2D eigenvalue weighted by Gasteiger charge is -2.38. The van der Waals surface area contributed by atoms with Crippen molar-refractivity contribution in [2.75, 3.05) is 32.8 Å². The minimum absolute atomic E-state index is 0.129. The van der Waals surface area contributed by atoms with Crippen LogP contribution < -0.4 is 5.32 Å². The molecule has 0 spiro atoms. The fourth-order valence-electron chi connectivity index (χ4n) is 3.13. The number of nitrogens with zero attached hydrogens (tertiary/aromatic N) is 1. The van der Waals surface area contributed by atoms with Gasteiger partial charge in [0.15, 0.2) is 0 Å². The van der Waals surface area contributed by atoms with E-state index < -0.39 is 0 Å². The summed E-state index contributed by atoms with van der Waals surface area (Å²) >= 11 is 0. The van der Waals surface area contributed by atoms with Crippen molar-refractivity contribution in [1.82, 2.24) is 10.2 Å². The Morgan fingerprint density at radius 3 is 2.71 bits per heavy atom. The Morgan fingerprint density at radius 2 is 2.18 bits per heavy atom. The van der Waals surface area contributed by atoms with Crippen molar-refractivity contribution >= 4 is 5.91 Å². The van der Waals surface area contributed by atoms with Crippen molar-refractivity contribution in [3.05, 3.63) is 0 Å². The maximum Gasteiger partial charge on any atom is 0.228 e. The summed E-state index contributed by atoms with van der Waals surface area (Å²) in [6, 6.07) is 0. The number of hydrogen-bond acceptors (Lipinski definition) is 3. The predicted molar refractivity (Wildman–Crippen MR) is 66.6 cm³/mol. The quantitative estimate of drug-likeness (QED) is 0.760. The minimum Gasteiger partial charge on any atom is -0.396 e. The summed E-state index contributed by atoms with van der Waals surface area (Å²) in [5.41, 5.74) is -0.129. The molecule has 0 bridgehead atoms. The van der Waals surface area contributed by atoms with Crippen LogP contribution in [-0.2, 0) is 4.79 Å². The molecule has 2 heterocycles. The third-order valence-corrected chi connectivity index (χ3v) is 4.52. The fraction of sp³-hybridized carbons (Fsp3) is 0.923. The highest BCUT2D eigenvalue weighted by molar-refractivity contribution is 5.83. The molecule has 1 amide bonds. The highest BCUT2D eigenvalue weighted by Gasteiger charge is 2.42. The first-order valence-corrected chi connectivity index (χ1v) is 6.83. The third kappa shape index (κ3) is 2.47. The lowest BCUT2D eigenvalue weighted by Crippen LogP contribution is -2.48. The zero-order chi connectivity index (χ0) is 12.3. The smallest absolute Gasteiger partial charge is 0.228 e. The zero-order valence-corrected chi connectivity index (χ0v) is 10.7. The monoisotopic (exact) mass is 240 g/mol. The van der Waals surface area contributed by atoms with Gasteiger partial charge in [0.05, 0.1) is 5.41 Å². The number of aliphatic hydroxyl groups excluding tert-OH is 1. The standard InChI is InChI=1S/C13H24N2O2/c1-2-13(4-6-14-7-5-13)12(17)15-8-3-11(9-15)10-16/h11,14,16H,2-10H2,1H3. The van der Waals surface area contributed by atoms with Crippen LogP contribution in [-0.4, -0.2) is 48.7 Å². The number of hydrogen-bond donors (Lipinski definition) is 2. The van der Waals surface area contributed by atoms with E-state index in [1.165, 1.54) is 0 Å². The topological polar surface area (TPSA) is 52.6 Å². The number of carbonyl (C=O) groups excluding carboxylic acids is 1. The first-order chi connectivity index (χ1) is 8.22. The lowest BCUT2D eigenvalue weighted by molar-refractivity contribution is -0.143. The second-order valence-corrected chi connectivity index (χ2v) is 5.47. The van der Waals surface area contributed by atoms with E-state index >= 15 is 0 Å². The highest BCUT2D eigenvalue weighted by Crippen LogP contribution is 2.36. The predicted octanol–water partition coefficient (Wildman–Crippen LogP) is 0.607. The molecule has 1 atom stereocenters. The first-order valence-electron chi connectivity index (χ1n) is 6.83. The first kappa shape index (κ1) is 12.8. The number of carbonyl (C=O) groups is 1. The Labute approximate surface area is 103 Å². The van der Waals surface area contributed by atoms with Crippen molar-refractivity contribution in [3.8, 4) is 0 Å². The lowest BCUT2D eigenvalue weighted by atomic mass is 9.75. The van der Waals surface area contributed by atoms with Crippen LogP contribution in [0.1, 0.15) is 32.6 Å². The molecule has 0 aliphatic carbocycles. The van der Waals surface area contributed by atoms with Crippen molar-refractivity contribution in [2.45, 2.75) is 32.6 Å². The molecule has 2 N–H and O–H groups in total. The van der Waals surface area contributed by atoms with Crippen LogP contribution >= 0.6 is 0 Å². The maximum absolute atomic E-state index is 12.6. The van der Waals surface area contributed by atoms with Crippen LogP contribution in [0.15, 0.2) is 0 Å². The molecule has 98 valence electrons. The summed E-state index contributed by atoms with van der Waals surface area (Å²) < 4.78 is 0. The van der Waals surface area contributed by atoms with Crippen molar-refractivity contribution in [3.63, 3.8) is 0 Å². The van der Waals surface area contributed by atoms with Gasteiger partial charge >= 0.3 is 0 Å². The number of nitrogens with one attached hydrogen (secondary N) is 1. The van der Waals surface area contributed by atoms with Gasteiger partial charge in [0.1, 0.15) is 0 Å². The zero-order valence-electron chi connectivity index (χ0n) is 10.7. The normalized spacial score (nSPS) is 28.4. The Kier molecular flexibility index (Phi) is 4.05. The van der Waals surface area contributed by atoms with Gasteiger partial charge in [0.25, 0.3) is 0 Å². The SMILES string of the molecule is CCC1(C(=O)N2CCC(CO)C2)CCNCC1. The Morgan fingerprint density at radius 1 is 1.47 bits per heavy atom. The van der Waals surface area contributed by atoms with Crippen LogP contribution in [0, 0.1) is 11.3 Å². The molecule has 2 fully saturated rings. The number of piperidine rings is 1. The van der Waals surface area contributed by atoms with Crippen molar-refractivity contribution < 1.29 is 9.90 Å². The van der Waals surface area contributed by atoms with Crippen molar-refractivity contribution in [2.24, 2.45) is 11.3 Å². The van der Waals surface area contributed by atoms with Gasteiger partial charge in [-0.2, -0.15) is 0 Å². The molecule has 1 unspecified atom stereocenters. The summed E-state index contributed by atoms with van der Waals surface area (Å²) in [6.07, 6.45) is 3.82. The second-order valence-electron chi connectivity index (χ2n) is 5.47. The van der Waals surface area contributed by atoms with Gasteiger partial charge in [-0.3, -0.25) is 4.79 Å². The largest absolute Gasteiger partial charge is 0.396 e. The Balaban J connectivity index is 2.02. The van der Waals surface area contributed by atoms with Crippen LogP contribution in [0.25, 0.3) is 0 Å². The van der Waals surface area contributed by atoms with Gasteiger partial charge < -0.3 is 15.3 Å². The fourth-order valence-corrected chi connectivity index (χ4v) is 3.13. The van der Waals surface area contributed by atoms with E-state index in [0.29, 0.717) is 11.8 Å². The molecular weight excluding hydrogens is 216 g/mol. The summed E-state index contributed by atoms with van der Waals surface area (Å²) in [4.78, 5) is 14.6. The van der Waals surface area contributed by atoms with Crippen LogP contribution in [0.3, 0.4) is 0 Å². The van der Waals surface area contributed by atoms with E-state index in [0.717, 1.165) is 51.9 Å². The van der Waals surface area contributed by atoms with E-state index in [9.17, 15) is 4.79 Å². The van der Waals surface area contributed by atoms with E-state index in [2.05, 4.69) is 12.2 Å². The number of likely N-dealkylation sites (tertiary alicyclic amines) is 1. The molecule has 2 saturated heterocycles. The molecule has 0 aromatic heterocycles. The van der Waals surface area contributed by atoms with Gasteiger partial charge in [-0.15, -0.1) is 0 Å². The molecule has 0 aromatic rings. The highest BCUT2D eigenvalue weighted by atomic mass is 16.3. The summed E-state index contributed by atoms with van der Waals surface area (Å²) in [5.74, 6) is 0.632. The Bertz CT molecular complexity index is 275. The molecule has 2 aliphatic heterocycles. The average molecular weight is 240 g/mol. The molecular formula is C13H24N2O2. The Hall–Kier alpha value is -0.610. The minimum atomic E-state index is -0.129. The van der Waals surface area contributed by atoms with Gasteiger partial charge in [0.2, 0.25) is 5.91 Å². The van der Waals surface area contributed by atoms with Crippen LogP contribution in [0.4, 0.5) is 0 Å². The van der Waals surface area contributed by atoms with Gasteiger partial charge in [-0.1, -0.05) is 6.92 Å². The summed E-state index contributed by atoms with van der Waals surface area (Å²) in [6.45, 7) is 5.84. The van der Waals surface area contributed by atoms with Crippen molar-refractivity contribution in [1.29, 1.82) is 0 Å². The summed E-state index contributed by atoms with van der Waals surface area (Å²) in [5, 5.41) is 12.5. The van der Waals surface area contributed by atoms with Crippen LogP contribution in [0.5, 0.6) is 0 Å². The molecule has 0 aromatic carbocycles.